The van der Waals surface area contributed by atoms with Gasteiger partial charge >= 0.3 is 0 Å². The molecule has 0 unspecified atom stereocenters. The zero-order valence-electron chi connectivity index (χ0n) is 16.0. The molecule has 168 valence electrons. The third kappa shape index (κ3) is 4.83. The van der Waals surface area contributed by atoms with E-state index in [2.05, 4.69) is 15.5 Å². The highest BCUT2D eigenvalue weighted by atomic mass is 32.2. The van der Waals surface area contributed by atoms with E-state index >= 15 is 0 Å². The van der Waals surface area contributed by atoms with Gasteiger partial charge in [-0.05, 0) is 47.9 Å². The minimum Gasteiger partial charge on any atom is -0.744 e. The van der Waals surface area contributed by atoms with E-state index in [0.717, 1.165) is 0 Å². The smallest absolute Gasteiger partial charge is 0.221 e. The number of rotatable bonds is 5. The summed E-state index contributed by atoms with van der Waals surface area (Å²) >= 11 is 0. The molecule has 0 atom stereocenters. The van der Waals surface area contributed by atoms with Crippen LogP contribution < -0.4 is 5.32 Å². The molecule has 0 aliphatic heterocycles. The number of fused-ring (bicyclic) bond motifs is 1. The van der Waals surface area contributed by atoms with Crippen molar-refractivity contribution in [2.24, 2.45) is 10.2 Å². The largest absolute Gasteiger partial charge is 0.744 e. The van der Waals surface area contributed by atoms with Crippen LogP contribution in [0.4, 0.5) is 17.1 Å². The van der Waals surface area contributed by atoms with Crippen molar-refractivity contribution in [3.05, 3.63) is 42.5 Å². The third-order valence-corrected chi connectivity index (χ3v) is 5.78. The molecule has 0 aromatic heterocycles. The molecule has 0 heterocycles. The zero-order valence-corrected chi connectivity index (χ0v) is 17.6. The summed E-state index contributed by atoms with van der Waals surface area (Å²) in [6, 6.07) is 7.68. The Kier molecular flexibility index (Phi) is 5.88. The molecular formula is C18H13N3O9S2-2. The van der Waals surface area contributed by atoms with Crippen molar-refractivity contribution in [1.82, 2.24) is 0 Å². The molecule has 14 heteroatoms. The third-order valence-electron chi connectivity index (χ3n) is 4.11. The van der Waals surface area contributed by atoms with Crippen LogP contribution in [0.5, 0.6) is 11.5 Å². The predicted molar refractivity (Wildman–Crippen MR) is 108 cm³/mol. The number of phenols is 2. The van der Waals surface area contributed by atoms with Crippen LogP contribution in [0.15, 0.2) is 62.5 Å². The van der Waals surface area contributed by atoms with Crippen molar-refractivity contribution in [3.63, 3.8) is 0 Å². The number of phenolic OH excluding ortho intramolecular Hbond substituents is 2. The number of amides is 1. The quantitative estimate of drug-likeness (QED) is 0.362. The zero-order chi connectivity index (χ0) is 23.8. The minimum atomic E-state index is -5.25. The van der Waals surface area contributed by atoms with Crippen LogP contribution in [-0.2, 0) is 25.0 Å². The summed E-state index contributed by atoms with van der Waals surface area (Å²) in [6.45, 7) is 1.31. The molecule has 32 heavy (non-hydrogen) atoms. The SMILES string of the molecule is CC(=O)Nc1ccc(N=Nc2c(S(=O)(=O)[O-])cc3cc(S(=O)(=O)[O-])cc(O)c3c2O)cc1. The maximum atomic E-state index is 11.7. The first-order chi connectivity index (χ1) is 14.8. The summed E-state index contributed by atoms with van der Waals surface area (Å²) in [7, 11) is -10.3. The van der Waals surface area contributed by atoms with Crippen LogP contribution in [0.1, 0.15) is 6.92 Å². The molecule has 0 fully saturated rings. The number of hydrogen-bond acceptors (Lipinski definition) is 11. The van der Waals surface area contributed by atoms with Crippen LogP contribution in [0.25, 0.3) is 10.8 Å². The van der Waals surface area contributed by atoms with Crippen molar-refractivity contribution >= 4 is 54.0 Å². The second-order valence-corrected chi connectivity index (χ2v) is 9.18. The number of benzene rings is 3. The van der Waals surface area contributed by atoms with E-state index in [9.17, 15) is 40.9 Å². The molecule has 3 rings (SSSR count). The van der Waals surface area contributed by atoms with Crippen molar-refractivity contribution in [1.29, 1.82) is 0 Å². The summed E-state index contributed by atoms with van der Waals surface area (Å²) in [5, 5.41) is 29.6. The number of anilines is 1. The Morgan fingerprint density at radius 1 is 0.938 bits per heavy atom. The Labute approximate surface area is 181 Å². The van der Waals surface area contributed by atoms with Crippen molar-refractivity contribution < 1.29 is 40.9 Å². The molecule has 0 spiro atoms. The summed E-state index contributed by atoms with van der Waals surface area (Å²) in [6.07, 6.45) is 0. The van der Waals surface area contributed by atoms with Crippen LogP contribution in [0.2, 0.25) is 0 Å². The van der Waals surface area contributed by atoms with E-state index in [-0.39, 0.29) is 11.6 Å². The molecule has 0 aliphatic carbocycles. The lowest BCUT2D eigenvalue weighted by Crippen LogP contribution is -2.04. The average molecular weight is 479 g/mol. The molecule has 0 bridgehead atoms. The number of azo groups is 1. The molecule has 0 aliphatic rings. The van der Waals surface area contributed by atoms with E-state index in [1.54, 1.807) is 0 Å². The summed E-state index contributed by atoms with van der Waals surface area (Å²) in [4.78, 5) is 9.10. The van der Waals surface area contributed by atoms with Crippen LogP contribution >= 0.6 is 0 Å². The first kappa shape index (κ1) is 23.1. The molecule has 0 saturated carbocycles. The number of carbonyl (C=O) groups excluding carboxylic acids is 1. The fourth-order valence-corrected chi connectivity index (χ4v) is 3.97. The van der Waals surface area contributed by atoms with Gasteiger partial charge in [0.15, 0.2) is 5.75 Å². The van der Waals surface area contributed by atoms with Crippen LogP contribution in [0.3, 0.4) is 0 Å². The lowest BCUT2D eigenvalue weighted by molar-refractivity contribution is -0.114. The second-order valence-electron chi connectivity index (χ2n) is 6.45. The first-order valence-electron chi connectivity index (χ1n) is 8.51. The Bertz CT molecular complexity index is 1480. The summed E-state index contributed by atoms with van der Waals surface area (Å²) in [5.41, 5.74) is -0.196. The number of aromatic hydroxyl groups is 2. The molecule has 0 radical (unpaired) electrons. The van der Waals surface area contributed by atoms with Gasteiger partial charge in [0.2, 0.25) is 5.91 Å². The second kappa shape index (κ2) is 8.16. The van der Waals surface area contributed by atoms with Gasteiger partial charge in [0.25, 0.3) is 0 Å². The predicted octanol–water partition coefficient (Wildman–Crippen LogP) is 2.43. The van der Waals surface area contributed by atoms with Gasteiger partial charge in [-0.15, -0.1) is 5.11 Å². The van der Waals surface area contributed by atoms with Gasteiger partial charge in [0.05, 0.1) is 20.9 Å². The van der Waals surface area contributed by atoms with Gasteiger partial charge in [-0.3, -0.25) is 4.79 Å². The van der Waals surface area contributed by atoms with E-state index in [0.29, 0.717) is 23.9 Å². The van der Waals surface area contributed by atoms with Gasteiger partial charge in [-0.2, -0.15) is 5.11 Å². The fraction of sp³-hybridized carbons (Fsp3) is 0.0556. The van der Waals surface area contributed by atoms with E-state index in [1.807, 2.05) is 0 Å². The fourth-order valence-electron chi connectivity index (χ4n) is 2.79. The molecule has 3 N–H and O–H groups in total. The molecular weight excluding hydrogens is 466 g/mol. The summed E-state index contributed by atoms with van der Waals surface area (Å²) < 4.78 is 68.9. The first-order valence-corrected chi connectivity index (χ1v) is 11.3. The maximum Gasteiger partial charge on any atom is 0.221 e. The van der Waals surface area contributed by atoms with Gasteiger partial charge in [-0.1, -0.05) is 0 Å². The van der Waals surface area contributed by atoms with E-state index in [1.165, 1.54) is 31.2 Å². The van der Waals surface area contributed by atoms with Crippen molar-refractivity contribution in [3.8, 4) is 11.5 Å². The normalized spacial score (nSPS) is 12.3. The summed E-state index contributed by atoms with van der Waals surface area (Å²) in [5.74, 6) is -2.14. The number of hydrogen-bond donors (Lipinski definition) is 3. The lowest BCUT2D eigenvalue weighted by Gasteiger charge is -2.15. The molecule has 0 saturated heterocycles. The Morgan fingerprint density at radius 2 is 1.56 bits per heavy atom. The minimum absolute atomic E-state index is 0.157. The Balaban J connectivity index is 2.19. The Morgan fingerprint density at radius 3 is 2.09 bits per heavy atom. The number of nitrogens with one attached hydrogen (secondary N) is 1. The van der Waals surface area contributed by atoms with Crippen molar-refractivity contribution in [2.75, 3.05) is 5.32 Å². The van der Waals surface area contributed by atoms with Gasteiger partial charge in [-0.25, -0.2) is 16.8 Å². The van der Waals surface area contributed by atoms with Gasteiger partial charge in [0, 0.05) is 12.6 Å². The average Bonchev–Trinajstić information content (AvgIpc) is 2.66. The van der Waals surface area contributed by atoms with Crippen molar-refractivity contribution in [2.45, 2.75) is 16.7 Å². The van der Waals surface area contributed by atoms with Crippen LogP contribution in [0, 0.1) is 0 Å². The number of nitrogens with zero attached hydrogens (tertiary/aromatic N) is 2. The highest BCUT2D eigenvalue weighted by Gasteiger charge is 2.21. The van der Waals surface area contributed by atoms with Gasteiger partial charge in [0.1, 0.15) is 31.7 Å². The van der Waals surface area contributed by atoms with Gasteiger partial charge < -0.3 is 24.6 Å². The molecule has 12 nitrogen and oxygen atoms in total. The molecule has 1 amide bonds. The highest BCUT2D eigenvalue weighted by molar-refractivity contribution is 7.86. The lowest BCUT2D eigenvalue weighted by atomic mass is 10.1. The maximum absolute atomic E-state index is 11.7. The molecule has 3 aromatic carbocycles. The highest BCUT2D eigenvalue weighted by Crippen LogP contribution is 2.45. The molecule has 3 aromatic rings. The Hall–Kier alpha value is -3.59. The standard InChI is InChI=1S/C18H15N3O9S2/c1-9(22)19-11-2-4-12(5-3-11)20-21-17-15(32(28,29)30)7-10-6-13(31(25,26)27)8-14(23)16(10)18(17)24/h2-8,23-24H,1H3,(H,19,22)(H,25,26,27)(H,28,29,30)/p-2. The van der Waals surface area contributed by atoms with E-state index in [4.69, 9.17) is 0 Å². The number of carbonyl (C=O) groups is 1. The monoisotopic (exact) mass is 479 g/mol. The van der Waals surface area contributed by atoms with Crippen LogP contribution in [-0.4, -0.2) is 42.1 Å². The van der Waals surface area contributed by atoms with E-state index < -0.39 is 58.0 Å². The topological polar surface area (TPSA) is 209 Å².